The fraction of sp³-hybridized carbons (Fsp3) is 0.214. The van der Waals surface area contributed by atoms with Crippen molar-refractivity contribution in [2.75, 3.05) is 5.32 Å². The third-order valence-electron chi connectivity index (χ3n) is 3.07. The van der Waals surface area contributed by atoms with Crippen LogP contribution in [0.3, 0.4) is 0 Å². The molecule has 0 fully saturated rings. The summed E-state index contributed by atoms with van der Waals surface area (Å²) in [7, 11) is 0. The molecule has 1 heterocycles. The number of nitrogens with zero attached hydrogens (tertiary/aromatic N) is 1. The molecule has 0 bridgehead atoms. The summed E-state index contributed by atoms with van der Waals surface area (Å²) in [6.07, 6.45) is -1.03. The Bertz CT molecular complexity index is 747. The van der Waals surface area contributed by atoms with Crippen molar-refractivity contribution >= 4 is 63.4 Å². The van der Waals surface area contributed by atoms with Crippen LogP contribution in [0.4, 0.5) is 11.4 Å². The fourth-order valence-corrected chi connectivity index (χ4v) is 2.84. The number of nitrogens with one attached hydrogen (secondary N) is 2. The van der Waals surface area contributed by atoms with E-state index >= 15 is 0 Å². The highest BCUT2D eigenvalue weighted by Crippen LogP contribution is 2.32. The number of amides is 1. The molecular formula is C14H12Cl3N3O3S. The maximum atomic E-state index is 12.2. The fourth-order valence-electron chi connectivity index (χ4n) is 1.89. The van der Waals surface area contributed by atoms with E-state index < -0.39 is 20.8 Å². The number of benzene rings is 1. The Hall–Kier alpha value is -1.54. The first-order chi connectivity index (χ1) is 11.2. The van der Waals surface area contributed by atoms with E-state index in [0.717, 1.165) is 0 Å². The van der Waals surface area contributed by atoms with Crippen LogP contribution in [0.25, 0.3) is 0 Å². The number of rotatable bonds is 5. The van der Waals surface area contributed by atoms with Crippen LogP contribution in [0.2, 0.25) is 0 Å². The number of carbonyl (C=O) groups is 1. The van der Waals surface area contributed by atoms with E-state index in [0.29, 0.717) is 16.1 Å². The van der Waals surface area contributed by atoms with Crippen LogP contribution in [0, 0.1) is 17.0 Å². The summed E-state index contributed by atoms with van der Waals surface area (Å²) in [5, 5.41) is 18.0. The zero-order chi connectivity index (χ0) is 17.9. The summed E-state index contributed by atoms with van der Waals surface area (Å²) in [6, 6.07) is 7.59. The van der Waals surface area contributed by atoms with Crippen molar-refractivity contribution in [1.29, 1.82) is 0 Å². The van der Waals surface area contributed by atoms with Gasteiger partial charge in [0, 0.05) is 17.8 Å². The first kappa shape index (κ1) is 18.8. The number of carbonyl (C=O) groups excluding carboxylic acids is 1. The highest BCUT2D eigenvalue weighted by Gasteiger charge is 2.34. The number of halogens is 3. The van der Waals surface area contributed by atoms with Crippen LogP contribution in [0.15, 0.2) is 35.7 Å². The summed E-state index contributed by atoms with van der Waals surface area (Å²) in [4.78, 5) is 22.9. The molecule has 1 amide bonds. The SMILES string of the molecule is Cc1cc([N+](=O)[O-])ccc1N[C@@H](NC(=O)c1cccs1)C(Cl)(Cl)Cl. The molecule has 1 aromatic carbocycles. The Balaban J connectivity index is 2.21. The normalized spacial score (nSPS) is 12.5. The summed E-state index contributed by atoms with van der Waals surface area (Å²) in [5.74, 6) is -0.395. The highest BCUT2D eigenvalue weighted by molar-refractivity contribution is 7.12. The molecule has 2 aromatic rings. The van der Waals surface area contributed by atoms with Gasteiger partial charge in [-0.3, -0.25) is 14.9 Å². The minimum atomic E-state index is -1.83. The van der Waals surface area contributed by atoms with E-state index in [1.54, 1.807) is 24.4 Å². The molecule has 128 valence electrons. The molecule has 0 aliphatic heterocycles. The molecule has 1 atom stereocenters. The van der Waals surface area contributed by atoms with Crippen LogP contribution in [0.1, 0.15) is 15.2 Å². The van der Waals surface area contributed by atoms with Gasteiger partial charge in [-0.25, -0.2) is 0 Å². The van der Waals surface area contributed by atoms with E-state index in [9.17, 15) is 14.9 Å². The summed E-state index contributed by atoms with van der Waals surface area (Å²) < 4.78 is -1.83. The lowest BCUT2D eigenvalue weighted by Crippen LogP contribution is -2.49. The van der Waals surface area contributed by atoms with Gasteiger partial charge in [-0.2, -0.15) is 0 Å². The topological polar surface area (TPSA) is 84.3 Å². The maximum absolute atomic E-state index is 12.2. The molecule has 0 aliphatic rings. The Kier molecular flexibility index (Phi) is 5.92. The summed E-state index contributed by atoms with van der Waals surface area (Å²) in [6.45, 7) is 1.67. The molecular weight excluding hydrogens is 397 g/mol. The number of hydrogen-bond acceptors (Lipinski definition) is 5. The number of nitro benzene ring substituents is 1. The number of non-ortho nitro benzene ring substituents is 1. The van der Waals surface area contributed by atoms with Crippen LogP contribution in [-0.2, 0) is 0 Å². The van der Waals surface area contributed by atoms with Gasteiger partial charge in [0.1, 0.15) is 6.17 Å². The van der Waals surface area contributed by atoms with E-state index in [4.69, 9.17) is 34.8 Å². The van der Waals surface area contributed by atoms with Gasteiger partial charge in [-0.15, -0.1) is 11.3 Å². The maximum Gasteiger partial charge on any atom is 0.269 e. The molecule has 6 nitrogen and oxygen atoms in total. The van der Waals surface area contributed by atoms with Crippen molar-refractivity contribution in [3.05, 3.63) is 56.3 Å². The van der Waals surface area contributed by atoms with Gasteiger partial charge >= 0.3 is 0 Å². The van der Waals surface area contributed by atoms with E-state index in [-0.39, 0.29) is 5.69 Å². The van der Waals surface area contributed by atoms with Crippen molar-refractivity contribution < 1.29 is 9.72 Å². The van der Waals surface area contributed by atoms with Crippen LogP contribution >= 0.6 is 46.1 Å². The standard InChI is InChI=1S/C14H12Cl3N3O3S/c1-8-7-9(20(22)23)4-5-10(8)18-13(14(15,16)17)19-12(21)11-3-2-6-24-11/h2-7,13,18H,1H3,(H,19,21)/t13-/m0/s1. The molecule has 24 heavy (non-hydrogen) atoms. The van der Waals surface area contributed by atoms with Gasteiger partial charge in [-0.05, 0) is 30.0 Å². The molecule has 0 radical (unpaired) electrons. The van der Waals surface area contributed by atoms with Crippen molar-refractivity contribution in [2.24, 2.45) is 0 Å². The van der Waals surface area contributed by atoms with Gasteiger partial charge in [0.25, 0.3) is 11.6 Å². The average molecular weight is 409 g/mol. The molecule has 2 rings (SSSR count). The second kappa shape index (κ2) is 7.57. The molecule has 2 N–H and O–H groups in total. The first-order valence-corrected chi connectivity index (χ1v) is 8.62. The predicted molar refractivity (Wildman–Crippen MR) is 97.3 cm³/mol. The third kappa shape index (κ3) is 4.73. The van der Waals surface area contributed by atoms with Gasteiger partial charge in [-0.1, -0.05) is 40.9 Å². The highest BCUT2D eigenvalue weighted by atomic mass is 35.6. The average Bonchev–Trinajstić information content (AvgIpc) is 3.01. The van der Waals surface area contributed by atoms with Crippen molar-refractivity contribution in [3.63, 3.8) is 0 Å². The van der Waals surface area contributed by atoms with E-state index in [1.807, 2.05) is 0 Å². The lowest BCUT2D eigenvalue weighted by atomic mass is 10.1. The number of anilines is 1. The van der Waals surface area contributed by atoms with Crippen LogP contribution in [-0.4, -0.2) is 20.8 Å². The van der Waals surface area contributed by atoms with Crippen LogP contribution < -0.4 is 10.6 Å². The largest absolute Gasteiger partial charge is 0.362 e. The molecule has 1 aromatic heterocycles. The second-order valence-electron chi connectivity index (χ2n) is 4.83. The molecule has 0 unspecified atom stereocenters. The predicted octanol–water partition coefficient (Wildman–Crippen LogP) is 4.50. The van der Waals surface area contributed by atoms with Gasteiger partial charge in [0.05, 0.1) is 9.80 Å². The minimum absolute atomic E-state index is 0.0499. The smallest absolute Gasteiger partial charge is 0.269 e. The molecule has 0 saturated heterocycles. The summed E-state index contributed by atoms with van der Waals surface area (Å²) >= 11 is 19.1. The van der Waals surface area contributed by atoms with Gasteiger partial charge in [0.15, 0.2) is 0 Å². The van der Waals surface area contributed by atoms with Gasteiger partial charge < -0.3 is 10.6 Å². The Labute approximate surface area is 156 Å². The zero-order valence-electron chi connectivity index (χ0n) is 12.3. The third-order valence-corrected chi connectivity index (χ3v) is 4.59. The van der Waals surface area contributed by atoms with Gasteiger partial charge in [0.2, 0.25) is 3.79 Å². The number of aryl methyl sites for hydroxylation is 1. The number of thiophene rings is 1. The molecule has 0 spiro atoms. The first-order valence-electron chi connectivity index (χ1n) is 6.61. The lowest BCUT2D eigenvalue weighted by Gasteiger charge is -2.27. The van der Waals surface area contributed by atoms with Crippen molar-refractivity contribution in [3.8, 4) is 0 Å². The second-order valence-corrected chi connectivity index (χ2v) is 8.14. The quantitative estimate of drug-likeness (QED) is 0.330. The lowest BCUT2D eigenvalue weighted by molar-refractivity contribution is -0.384. The van der Waals surface area contributed by atoms with Crippen molar-refractivity contribution in [2.45, 2.75) is 16.9 Å². The number of alkyl halides is 3. The molecule has 10 heteroatoms. The monoisotopic (exact) mass is 407 g/mol. The molecule has 0 aliphatic carbocycles. The molecule has 0 saturated carbocycles. The van der Waals surface area contributed by atoms with E-state index in [2.05, 4.69) is 10.6 Å². The Morgan fingerprint density at radius 2 is 2.04 bits per heavy atom. The number of nitro groups is 1. The Morgan fingerprint density at radius 1 is 1.33 bits per heavy atom. The van der Waals surface area contributed by atoms with Crippen LogP contribution in [0.5, 0.6) is 0 Å². The Morgan fingerprint density at radius 3 is 2.54 bits per heavy atom. The van der Waals surface area contributed by atoms with Crippen molar-refractivity contribution in [1.82, 2.24) is 5.32 Å². The van der Waals surface area contributed by atoms with E-state index in [1.165, 1.54) is 29.5 Å². The summed E-state index contributed by atoms with van der Waals surface area (Å²) in [5.41, 5.74) is 1.03. The number of hydrogen-bond donors (Lipinski definition) is 2. The zero-order valence-corrected chi connectivity index (χ0v) is 15.3. The minimum Gasteiger partial charge on any atom is -0.362 e.